The first kappa shape index (κ1) is 21.1. The molecule has 2 aromatic carbocycles. The van der Waals surface area contributed by atoms with Crippen LogP contribution in [0.4, 0.5) is 0 Å². The summed E-state index contributed by atoms with van der Waals surface area (Å²) in [5, 5.41) is 0.837. The molecule has 6 nitrogen and oxygen atoms in total. The van der Waals surface area contributed by atoms with Gasteiger partial charge < -0.3 is 13.9 Å². The fourth-order valence-corrected chi connectivity index (χ4v) is 3.89. The Morgan fingerprint density at radius 2 is 1.77 bits per heavy atom. The van der Waals surface area contributed by atoms with Crippen molar-refractivity contribution >= 4 is 16.9 Å². The fourth-order valence-electron chi connectivity index (χ4n) is 3.89. The molecule has 162 valence electrons. The highest BCUT2D eigenvalue weighted by atomic mass is 16.5. The van der Waals surface area contributed by atoms with Crippen LogP contribution in [-0.4, -0.2) is 36.6 Å². The van der Waals surface area contributed by atoms with Gasteiger partial charge in [0.05, 0.1) is 12.5 Å². The van der Waals surface area contributed by atoms with Crippen LogP contribution in [0.15, 0.2) is 69.9 Å². The SMILES string of the molecule is O=C(CC(COc1ccc2ccc(=O)oc2c1)N1CCCCC1)OCc1ccccc1. The first-order valence-electron chi connectivity index (χ1n) is 10.8. The third kappa shape index (κ3) is 5.95. The second-order valence-corrected chi connectivity index (χ2v) is 7.87. The van der Waals surface area contributed by atoms with Gasteiger partial charge in [-0.05, 0) is 49.7 Å². The van der Waals surface area contributed by atoms with Crippen molar-refractivity contribution in [2.24, 2.45) is 0 Å². The van der Waals surface area contributed by atoms with Crippen molar-refractivity contribution in [3.63, 3.8) is 0 Å². The summed E-state index contributed by atoms with van der Waals surface area (Å²) >= 11 is 0. The van der Waals surface area contributed by atoms with Gasteiger partial charge in [0.15, 0.2) is 0 Å². The summed E-state index contributed by atoms with van der Waals surface area (Å²) in [5.41, 5.74) is 1.07. The molecule has 2 heterocycles. The van der Waals surface area contributed by atoms with Crippen LogP contribution in [0.2, 0.25) is 0 Å². The molecule has 1 unspecified atom stereocenters. The van der Waals surface area contributed by atoms with E-state index in [1.165, 1.54) is 12.5 Å². The molecule has 1 saturated heterocycles. The van der Waals surface area contributed by atoms with E-state index >= 15 is 0 Å². The van der Waals surface area contributed by atoms with Crippen molar-refractivity contribution in [1.82, 2.24) is 4.90 Å². The molecule has 1 aromatic heterocycles. The van der Waals surface area contributed by atoms with Crippen LogP contribution in [0.1, 0.15) is 31.2 Å². The number of hydrogen-bond acceptors (Lipinski definition) is 6. The molecular weight excluding hydrogens is 394 g/mol. The van der Waals surface area contributed by atoms with Crippen molar-refractivity contribution in [1.29, 1.82) is 0 Å². The van der Waals surface area contributed by atoms with Crippen LogP contribution in [0, 0.1) is 0 Å². The van der Waals surface area contributed by atoms with Gasteiger partial charge in [-0.3, -0.25) is 9.69 Å². The Bertz CT molecular complexity index is 1060. The lowest BCUT2D eigenvalue weighted by atomic mass is 10.1. The predicted octanol–water partition coefficient (Wildman–Crippen LogP) is 4.16. The number of hydrogen-bond donors (Lipinski definition) is 0. The van der Waals surface area contributed by atoms with Crippen LogP contribution >= 0.6 is 0 Å². The van der Waals surface area contributed by atoms with E-state index in [1.807, 2.05) is 42.5 Å². The quantitative estimate of drug-likeness (QED) is 0.402. The van der Waals surface area contributed by atoms with Crippen molar-refractivity contribution < 1.29 is 18.7 Å². The predicted molar refractivity (Wildman–Crippen MR) is 118 cm³/mol. The number of rotatable bonds is 8. The van der Waals surface area contributed by atoms with E-state index in [4.69, 9.17) is 13.9 Å². The molecular formula is C25H27NO5. The van der Waals surface area contributed by atoms with Crippen LogP contribution in [-0.2, 0) is 16.1 Å². The number of ether oxygens (including phenoxy) is 2. The Morgan fingerprint density at radius 1 is 1.00 bits per heavy atom. The summed E-state index contributed by atoms with van der Waals surface area (Å²) in [6.45, 7) is 2.54. The summed E-state index contributed by atoms with van der Waals surface area (Å²) in [5.74, 6) is 0.383. The second kappa shape index (κ2) is 10.3. The molecule has 0 amide bonds. The van der Waals surface area contributed by atoms with Gasteiger partial charge in [-0.15, -0.1) is 0 Å². The first-order chi connectivity index (χ1) is 15.2. The Labute approximate surface area is 181 Å². The topological polar surface area (TPSA) is 69.0 Å². The second-order valence-electron chi connectivity index (χ2n) is 7.87. The number of likely N-dealkylation sites (tertiary alicyclic amines) is 1. The summed E-state index contributed by atoms with van der Waals surface area (Å²) < 4.78 is 16.8. The Morgan fingerprint density at radius 3 is 2.58 bits per heavy atom. The summed E-state index contributed by atoms with van der Waals surface area (Å²) in [6.07, 6.45) is 3.73. The van der Waals surface area contributed by atoms with Gasteiger partial charge in [0.25, 0.3) is 0 Å². The highest BCUT2D eigenvalue weighted by Gasteiger charge is 2.25. The molecule has 1 fully saturated rings. The number of esters is 1. The molecule has 31 heavy (non-hydrogen) atoms. The molecule has 1 atom stereocenters. The number of carbonyl (C=O) groups excluding carboxylic acids is 1. The van der Waals surface area contributed by atoms with Gasteiger partial charge in [0.2, 0.25) is 0 Å². The normalized spacial score (nSPS) is 15.5. The number of benzene rings is 2. The van der Waals surface area contributed by atoms with Crippen LogP contribution in [0.5, 0.6) is 5.75 Å². The van der Waals surface area contributed by atoms with Gasteiger partial charge >= 0.3 is 11.6 Å². The largest absolute Gasteiger partial charge is 0.492 e. The van der Waals surface area contributed by atoms with E-state index in [0.717, 1.165) is 36.9 Å². The van der Waals surface area contributed by atoms with Crippen LogP contribution in [0.25, 0.3) is 11.0 Å². The zero-order valence-electron chi connectivity index (χ0n) is 17.5. The van der Waals surface area contributed by atoms with E-state index in [2.05, 4.69) is 4.90 Å². The standard InChI is InChI=1S/C25H27NO5/c27-24-12-10-20-9-11-22(16-23(20)31-24)29-18-21(26-13-5-2-6-14-26)15-25(28)30-17-19-7-3-1-4-8-19/h1,3-4,7-12,16,21H,2,5-6,13-15,17-18H2. The number of piperidine rings is 1. The maximum absolute atomic E-state index is 12.5. The molecule has 1 aliphatic rings. The molecule has 0 N–H and O–H groups in total. The van der Waals surface area contributed by atoms with Gasteiger partial charge in [-0.25, -0.2) is 4.79 Å². The van der Waals surface area contributed by atoms with Gasteiger partial charge in [0, 0.05) is 17.5 Å². The van der Waals surface area contributed by atoms with E-state index < -0.39 is 5.63 Å². The van der Waals surface area contributed by atoms with Gasteiger partial charge in [-0.2, -0.15) is 0 Å². The zero-order chi connectivity index (χ0) is 21.5. The minimum Gasteiger partial charge on any atom is -0.492 e. The van der Waals surface area contributed by atoms with E-state index in [9.17, 15) is 9.59 Å². The van der Waals surface area contributed by atoms with Crippen molar-refractivity contribution in [2.75, 3.05) is 19.7 Å². The Balaban J connectivity index is 1.39. The molecule has 4 rings (SSSR count). The van der Waals surface area contributed by atoms with E-state index in [1.54, 1.807) is 12.1 Å². The molecule has 0 radical (unpaired) electrons. The number of nitrogens with zero attached hydrogens (tertiary/aromatic N) is 1. The fraction of sp³-hybridized carbons (Fsp3) is 0.360. The average molecular weight is 421 g/mol. The minimum atomic E-state index is -0.392. The maximum atomic E-state index is 12.5. The van der Waals surface area contributed by atoms with Crippen molar-refractivity contribution in [3.8, 4) is 5.75 Å². The third-order valence-electron chi connectivity index (χ3n) is 5.59. The molecule has 1 aliphatic heterocycles. The minimum absolute atomic E-state index is 0.0675. The zero-order valence-corrected chi connectivity index (χ0v) is 17.5. The van der Waals surface area contributed by atoms with E-state index in [-0.39, 0.29) is 25.0 Å². The average Bonchev–Trinajstić information content (AvgIpc) is 2.81. The van der Waals surface area contributed by atoms with Gasteiger partial charge in [-0.1, -0.05) is 36.8 Å². The number of fused-ring (bicyclic) bond motifs is 1. The molecule has 3 aromatic rings. The molecule has 0 saturated carbocycles. The molecule has 0 bridgehead atoms. The summed E-state index contributed by atoms with van der Waals surface area (Å²) in [6, 6.07) is 18.2. The lowest BCUT2D eigenvalue weighted by Crippen LogP contribution is -2.44. The first-order valence-corrected chi connectivity index (χ1v) is 10.8. The lowest BCUT2D eigenvalue weighted by molar-refractivity contribution is -0.146. The van der Waals surface area contributed by atoms with Crippen molar-refractivity contribution in [2.45, 2.75) is 38.3 Å². The third-order valence-corrected chi connectivity index (χ3v) is 5.59. The highest BCUT2D eigenvalue weighted by molar-refractivity contribution is 5.77. The Kier molecular flexibility index (Phi) is 6.99. The summed E-state index contributed by atoms with van der Waals surface area (Å²) in [4.78, 5) is 26.3. The molecule has 6 heteroatoms. The van der Waals surface area contributed by atoms with Crippen LogP contribution < -0.4 is 10.4 Å². The van der Waals surface area contributed by atoms with E-state index in [0.29, 0.717) is 17.9 Å². The van der Waals surface area contributed by atoms with Crippen molar-refractivity contribution in [3.05, 3.63) is 76.6 Å². The number of carbonyl (C=O) groups is 1. The summed E-state index contributed by atoms with van der Waals surface area (Å²) in [7, 11) is 0. The molecule has 0 spiro atoms. The molecule has 0 aliphatic carbocycles. The van der Waals surface area contributed by atoms with Gasteiger partial charge in [0.1, 0.15) is 24.5 Å². The lowest BCUT2D eigenvalue weighted by Gasteiger charge is -2.33. The Hall–Kier alpha value is -3.12. The maximum Gasteiger partial charge on any atom is 0.336 e. The highest BCUT2D eigenvalue weighted by Crippen LogP contribution is 2.21. The van der Waals surface area contributed by atoms with Crippen LogP contribution in [0.3, 0.4) is 0 Å². The monoisotopic (exact) mass is 421 g/mol. The smallest absolute Gasteiger partial charge is 0.336 e.